The maximum atomic E-state index is 13.8. The van der Waals surface area contributed by atoms with E-state index in [1.54, 1.807) is 0 Å². The maximum absolute atomic E-state index is 13.8. The Kier molecular flexibility index (Phi) is 4.72. The highest BCUT2D eigenvalue weighted by Crippen LogP contribution is 2.31. The SMILES string of the molecule is COc1cc(CN2CCc3nc(S(C)(=O)=O)[nH]c(=O)c3C2)cc(F)c1O. The Bertz CT molecular complexity index is 1020. The van der Waals surface area contributed by atoms with Crippen LogP contribution in [0.4, 0.5) is 4.39 Å². The van der Waals surface area contributed by atoms with E-state index in [1.807, 2.05) is 4.90 Å². The zero-order chi connectivity index (χ0) is 19.1. The average Bonchev–Trinajstić information content (AvgIpc) is 2.57. The van der Waals surface area contributed by atoms with Gasteiger partial charge in [0.25, 0.3) is 5.56 Å². The molecule has 0 bridgehead atoms. The first kappa shape index (κ1) is 18.3. The molecule has 0 fully saturated rings. The highest BCUT2D eigenvalue weighted by Gasteiger charge is 2.24. The molecular formula is C16H18FN3O5S. The van der Waals surface area contributed by atoms with Gasteiger partial charge in [0.1, 0.15) is 0 Å². The van der Waals surface area contributed by atoms with Crippen molar-refractivity contribution in [2.45, 2.75) is 24.7 Å². The van der Waals surface area contributed by atoms with Gasteiger partial charge in [-0.1, -0.05) is 0 Å². The third-order valence-electron chi connectivity index (χ3n) is 4.19. The zero-order valence-electron chi connectivity index (χ0n) is 14.2. The van der Waals surface area contributed by atoms with Crippen LogP contribution >= 0.6 is 0 Å². The Morgan fingerprint density at radius 3 is 2.81 bits per heavy atom. The van der Waals surface area contributed by atoms with Gasteiger partial charge < -0.3 is 9.84 Å². The maximum Gasteiger partial charge on any atom is 0.256 e. The molecule has 2 N–H and O–H groups in total. The average molecular weight is 383 g/mol. The summed E-state index contributed by atoms with van der Waals surface area (Å²) in [4.78, 5) is 20.5. The number of ether oxygens (including phenoxy) is 1. The van der Waals surface area contributed by atoms with Crippen molar-refractivity contribution in [2.24, 2.45) is 0 Å². The molecule has 2 heterocycles. The fraction of sp³-hybridized carbons (Fsp3) is 0.375. The van der Waals surface area contributed by atoms with E-state index in [-0.39, 0.29) is 17.5 Å². The Balaban J connectivity index is 1.86. The van der Waals surface area contributed by atoms with Gasteiger partial charge in [0.2, 0.25) is 15.0 Å². The van der Waals surface area contributed by atoms with Gasteiger partial charge in [0.05, 0.1) is 18.4 Å². The number of fused-ring (bicyclic) bond motifs is 1. The number of halogens is 1. The molecule has 1 aliphatic heterocycles. The van der Waals surface area contributed by atoms with Crippen molar-refractivity contribution in [3.05, 3.63) is 45.1 Å². The third kappa shape index (κ3) is 3.56. The second kappa shape index (κ2) is 6.69. The first-order valence-electron chi connectivity index (χ1n) is 7.79. The molecule has 0 amide bonds. The number of aromatic hydroxyl groups is 1. The van der Waals surface area contributed by atoms with Crippen molar-refractivity contribution in [1.82, 2.24) is 14.9 Å². The third-order valence-corrected chi connectivity index (χ3v) is 5.09. The Morgan fingerprint density at radius 2 is 2.15 bits per heavy atom. The summed E-state index contributed by atoms with van der Waals surface area (Å²) in [6.07, 6.45) is 1.39. The second-order valence-corrected chi connectivity index (χ2v) is 8.09. The van der Waals surface area contributed by atoms with Gasteiger partial charge in [-0.15, -0.1) is 0 Å². The molecule has 1 aromatic heterocycles. The number of methoxy groups -OCH3 is 1. The van der Waals surface area contributed by atoms with Gasteiger partial charge in [-0.25, -0.2) is 17.8 Å². The van der Waals surface area contributed by atoms with E-state index in [4.69, 9.17) is 4.74 Å². The van der Waals surface area contributed by atoms with Gasteiger partial charge in [-0.3, -0.25) is 14.7 Å². The number of H-pyrrole nitrogens is 1. The summed E-state index contributed by atoms with van der Waals surface area (Å²) in [5.41, 5.74) is 0.946. The summed E-state index contributed by atoms with van der Waals surface area (Å²) >= 11 is 0. The van der Waals surface area contributed by atoms with Crippen LogP contribution in [0.5, 0.6) is 11.5 Å². The number of aromatic amines is 1. The number of benzene rings is 1. The van der Waals surface area contributed by atoms with Gasteiger partial charge in [-0.2, -0.15) is 0 Å². The van der Waals surface area contributed by atoms with E-state index in [0.717, 1.165) is 6.26 Å². The lowest BCUT2D eigenvalue weighted by Crippen LogP contribution is -2.36. The van der Waals surface area contributed by atoms with E-state index in [0.29, 0.717) is 36.3 Å². The standard InChI is InChI=1S/C16H18FN3O5S/c1-25-13-6-9(5-11(17)14(13)21)7-20-4-3-12-10(8-20)15(22)19-16(18-12)26(2,23)24/h5-6,21H,3-4,7-8H2,1-2H3,(H,18,19,22). The lowest BCUT2D eigenvalue weighted by Gasteiger charge is -2.27. The predicted molar refractivity (Wildman–Crippen MR) is 90.4 cm³/mol. The van der Waals surface area contributed by atoms with Gasteiger partial charge in [0, 0.05) is 32.3 Å². The molecule has 0 saturated heterocycles. The predicted octanol–water partition coefficient (Wildman–Crippen LogP) is 0.585. The van der Waals surface area contributed by atoms with E-state index in [9.17, 15) is 22.7 Å². The van der Waals surface area contributed by atoms with Crippen LogP contribution < -0.4 is 10.3 Å². The summed E-state index contributed by atoms with van der Waals surface area (Å²) in [6.45, 7) is 1.12. The highest BCUT2D eigenvalue weighted by molar-refractivity contribution is 7.90. The van der Waals surface area contributed by atoms with Crippen molar-refractivity contribution in [2.75, 3.05) is 19.9 Å². The topological polar surface area (TPSA) is 113 Å². The molecule has 1 aliphatic rings. The molecular weight excluding hydrogens is 365 g/mol. The van der Waals surface area contributed by atoms with Crippen LogP contribution in [0.15, 0.2) is 22.1 Å². The number of phenolic OH excluding ortho intramolecular Hbond substituents is 1. The van der Waals surface area contributed by atoms with Crippen molar-refractivity contribution in [3.8, 4) is 11.5 Å². The molecule has 8 nitrogen and oxygen atoms in total. The zero-order valence-corrected chi connectivity index (χ0v) is 15.1. The summed E-state index contributed by atoms with van der Waals surface area (Å²) in [5, 5.41) is 9.24. The van der Waals surface area contributed by atoms with Crippen LogP contribution in [0.25, 0.3) is 0 Å². The summed E-state index contributed by atoms with van der Waals surface area (Å²) in [7, 11) is -2.26. The molecule has 0 radical (unpaired) electrons. The Labute approximate surface area is 149 Å². The van der Waals surface area contributed by atoms with Crippen LogP contribution in [-0.4, -0.2) is 48.3 Å². The van der Waals surface area contributed by atoms with Crippen LogP contribution in [0.3, 0.4) is 0 Å². The number of hydrogen-bond acceptors (Lipinski definition) is 7. The first-order valence-corrected chi connectivity index (χ1v) is 9.68. The normalized spacial score (nSPS) is 14.9. The number of aromatic nitrogens is 2. The minimum absolute atomic E-state index is 0.0368. The van der Waals surface area contributed by atoms with Gasteiger partial charge in [-0.05, 0) is 17.7 Å². The summed E-state index contributed by atoms with van der Waals surface area (Å²) in [5.74, 6) is -1.29. The summed E-state index contributed by atoms with van der Waals surface area (Å²) < 4.78 is 41.9. The van der Waals surface area contributed by atoms with E-state index in [1.165, 1.54) is 19.2 Å². The number of hydrogen-bond donors (Lipinski definition) is 2. The van der Waals surface area contributed by atoms with Crippen LogP contribution in [-0.2, 0) is 29.3 Å². The number of nitrogens with one attached hydrogen (secondary N) is 1. The lowest BCUT2D eigenvalue weighted by molar-refractivity contribution is 0.239. The van der Waals surface area contributed by atoms with E-state index in [2.05, 4.69) is 9.97 Å². The van der Waals surface area contributed by atoms with Crippen LogP contribution in [0.1, 0.15) is 16.8 Å². The second-order valence-electron chi connectivity index (χ2n) is 6.16. The van der Waals surface area contributed by atoms with Gasteiger partial charge >= 0.3 is 0 Å². The fourth-order valence-corrected chi connectivity index (χ4v) is 3.46. The smallest absolute Gasteiger partial charge is 0.256 e. The van der Waals surface area contributed by atoms with Crippen molar-refractivity contribution in [1.29, 1.82) is 0 Å². The number of phenols is 1. The number of rotatable bonds is 4. The highest BCUT2D eigenvalue weighted by atomic mass is 32.2. The van der Waals surface area contributed by atoms with Crippen molar-refractivity contribution >= 4 is 9.84 Å². The Morgan fingerprint density at radius 1 is 1.42 bits per heavy atom. The van der Waals surface area contributed by atoms with Gasteiger partial charge in [0.15, 0.2) is 17.3 Å². The number of sulfone groups is 1. The molecule has 1 aromatic carbocycles. The molecule has 3 rings (SSSR count). The molecule has 0 spiro atoms. The van der Waals surface area contributed by atoms with Crippen LogP contribution in [0.2, 0.25) is 0 Å². The molecule has 26 heavy (non-hydrogen) atoms. The molecule has 10 heteroatoms. The molecule has 0 saturated carbocycles. The van der Waals surface area contributed by atoms with Crippen LogP contribution in [0, 0.1) is 5.82 Å². The van der Waals surface area contributed by atoms with Crippen molar-refractivity contribution < 1.29 is 22.7 Å². The first-order chi connectivity index (χ1) is 12.2. The monoisotopic (exact) mass is 383 g/mol. The molecule has 0 atom stereocenters. The lowest BCUT2D eigenvalue weighted by atomic mass is 10.1. The molecule has 0 unspecified atom stereocenters. The summed E-state index contributed by atoms with van der Waals surface area (Å²) in [6, 6.07) is 2.74. The minimum Gasteiger partial charge on any atom is -0.502 e. The van der Waals surface area contributed by atoms with E-state index >= 15 is 0 Å². The molecule has 0 aliphatic carbocycles. The fourth-order valence-electron chi connectivity index (χ4n) is 2.90. The molecule has 140 valence electrons. The quantitative estimate of drug-likeness (QED) is 0.743. The minimum atomic E-state index is -3.60. The largest absolute Gasteiger partial charge is 0.502 e. The molecule has 2 aromatic rings. The van der Waals surface area contributed by atoms with Crippen molar-refractivity contribution in [3.63, 3.8) is 0 Å². The van der Waals surface area contributed by atoms with E-state index < -0.39 is 27.0 Å². The Hall–Kier alpha value is -2.46. The number of nitrogens with zero attached hydrogens (tertiary/aromatic N) is 2.